The zero-order valence-electron chi connectivity index (χ0n) is 16.3. The smallest absolute Gasteiger partial charge is 0.250 e. The molecule has 3 heterocycles. The molecule has 1 aromatic heterocycles. The normalized spacial score (nSPS) is 22.2. The fourth-order valence-corrected chi connectivity index (χ4v) is 4.06. The number of hydrogen-bond donors (Lipinski definition) is 2. The van der Waals surface area contributed by atoms with Crippen LogP contribution in [0.1, 0.15) is 39.5 Å². The molecule has 2 N–H and O–H groups in total. The molecule has 2 fully saturated rings. The summed E-state index contributed by atoms with van der Waals surface area (Å²) in [6.07, 6.45) is 7.22. The Bertz CT molecular complexity index is 614. The van der Waals surface area contributed by atoms with E-state index in [0.717, 1.165) is 45.3 Å². The van der Waals surface area contributed by atoms with Gasteiger partial charge in [0.05, 0.1) is 0 Å². The number of rotatable bonds is 5. The molecule has 2 saturated heterocycles. The van der Waals surface area contributed by atoms with Crippen molar-refractivity contribution < 1.29 is 9.59 Å². The van der Waals surface area contributed by atoms with E-state index in [2.05, 4.69) is 15.7 Å². The van der Waals surface area contributed by atoms with Crippen LogP contribution in [0.4, 0.5) is 0 Å². The molecule has 2 aliphatic rings. The number of halogens is 1. The van der Waals surface area contributed by atoms with Crippen LogP contribution in [-0.2, 0) is 15.1 Å². The molecule has 7 nitrogen and oxygen atoms in total. The van der Waals surface area contributed by atoms with Crippen LogP contribution in [0.15, 0.2) is 18.5 Å². The number of nitrogens with one attached hydrogen (secondary N) is 2. The zero-order valence-corrected chi connectivity index (χ0v) is 17.1. The molecular formula is C19H32ClN5O2. The molecule has 1 aromatic rings. The van der Waals surface area contributed by atoms with Gasteiger partial charge in [0.25, 0.3) is 5.91 Å². The van der Waals surface area contributed by atoms with Crippen molar-refractivity contribution in [2.24, 2.45) is 11.8 Å². The predicted molar refractivity (Wildman–Crippen MR) is 107 cm³/mol. The molecule has 0 saturated carbocycles. The molecule has 2 aliphatic heterocycles. The van der Waals surface area contributed by atoms with E-state index in [1.807, 2.05) is 35.7 Å². The van der Waals surface area contributed by atoms with E-state index < -0.39 is 5.54 Å². The Morgan fingerprint density at radius 2 is 2.07 bits per heavy atom. The Morgan fingerprint density at radius 3 is 2.70 bits per heavy atom. The fourth-order valence-electron chi connectivity index (χ4n) is 4.06. The molecule has 0 spiro atoms. The van der Waals surface area contributed by atoms with Crippen molar-refractivity contribution in [2.45, 2.75) is 45.1 Å². The SMILES string of the molecule is CC(C)C(=O)NCC1CCCN(C(=O)C2(n3cccn3)CCNCC2)C1.Cl. The molecule has 0 bridgehead atoms. The second-order valence-electron chi connectivity index (χ2n) is 7.89. The largest absolute Gasteiger partial charge is 0.356 e. The van der Waals surface area contributed by atoms with Crippen molar-refractivity contribution in [3.8, 4) is 0 Å². The summed E-state index contributed by atoms with van der Waals surface area (Å²) in [6.45, 7) is 7.61. The Hall–Kier alpha value is -1.60. The second-order valence-corrected chi connectivity index (χ2v) is 7.89. The number of amides is 2. The maximum atomic E-state index is 13.5. The minimum absolute atomic E-state index is 0. The van der Waals surface area contributed by atoms with Gasteiger partial charge in [0.1, 0.15) is 5.54 Å². The summed E-state index contributed by atoms with van der Waals surface area (Å²) in [5.41, 5.74) is -0.572. The topological polar surface area (TPSA) is 79.3 Å². The molecule has 1 unspecified atom stereocenters. The molecule has 1 atom stereocenters. The van der Waals surface area contributed by atoms with Crippen LogP contribution in [0.5, 0.6) is 0 Å². The van der Waals surface area contributed by atoms with E-state index >= 15 is 0 Å². The van der Waals surface area contributed by atoms with Crippen molar-refractivity contribution in [2.75, 3.05) is 32.7 Å². The van der Waals surface area contributed by atoms with Crippen LogP contribution in [0.2, 0.25) is 0 Å². The summed E-state index contributed by atoms with van der Waals surface area (Å²) < 4.78 is 1.86. The van der Waals surface area contributed by atoms with Gasteiger partial charge in [-0.25, -0.2) is 0 Å². The number of aromatic nitrogens is 2. The van der Waals surface area contributed by atoms with Crippen LogP contribution >= 0.6 is 12.4 Å². The first-order chi connectivity index (χ1) is 12.5. The summed E-state index contributed by atoms with van der Waals surface area (Å²) in [5.74, 6) is 0.586. The lowest BCUT2D eigenvalue weighted by Gasteiger charge is -2.42. The lowest BCUT2D eigenvalue weighted by molar-refractivity contribution is -0.145. The average molecular weight is 398 g/mol. The lowest BCUT2D eigenvalue weighted by Crippen LogP contribution is -2.57. The summed E-state index contributed by atoms with van der Waals surface area (Å²) in [4.78, 5) is 27.4. The van der Waals surface area contributed by atoms with E-state index in [1.54, 1.807) is 6.20 Å². The van der Waals surface area contributed by atoms with Gasteiger partial charge in [-0.3, -0.25) is 14.3 Å². The second kappa shape index (κ2) is 9.55. The molecule has 27 heavy (non-hydrogen) atoms. The van der Waals surface area contributed by atoms with Crippen molar-refractivity contribution in [1.29, 1.82) is 0 Å². The Kier molecular flexibility index (Phi) is 7.68. The Labute approximate surface area is 167 Å². The van der Waals surface area contributed by atoms with Crippen molar-refractivity contribution in [3.63, 3.8) is 0 Å². The van der Waals surface area contributed by atoms with Gasteiger partial charge in [-0.2, -0.15) is 5.10 Å². The highest BCUT2D eigenvalue weighted by Gasteiger charge is 2.45. The lowest BCUT2D eigenvalue weighted by atomic mass is 9.85. The van der Waals surface area contributed by atoms with E-state index in [-0.39, 0.29) is 30.1 Å². The predicted octanol–water partition coefficient (Wildman–Crippen LogP) is 1.39. The third-order valence-electron chi connectivity index (χ3n) is 5.67. The van der Waals surface area contributed by atoms with Gasteiger partial charge in [0.2, 0.25) is 5.91 Å². The van der Waals surface area contributed by atoms with Crippen molar-refractivity contribution in [1.82, 2.24) is 25.3 Å². The van der Waals surface area contributed by atoms with E-state index in [1.165, 1.54) is 0 Å². The van der Waals surface area contributed by atoms with E-state index in [9.17, 15) is 9.59 Å². The quantitative estimate of drug-likeness (QED) is 0.787. The Morgan fingerprint density at radius 1 is 1.33 bits per heavy atom. The van der Waals surface area contributed by atoms with Crippen LogP contribution in [0.25, 0.3) is 0 Å². The van der Waals surface area contributed by atoms with Crippen LogP contribution in [0.3, 0.4) is 0 Å². The minimum Gasteiger partial charge on any atom is -0.356 e. The van der Waals surface area contributed by atoms with Crippen molar-refractivity contribution in [3.05, 3.63) is 18.5 Å². The standard InChI is InChI=1S/C19H31N5O2.ClH/c1-15(2)17(25)21-13-16-5-3-11-23(14-16)18(26)19(6-9-20-10-7-19)24-12-4-8-22-24;/h4,8,12,15-16,20H,3,5-7,9-11,13-14H2,1-2H3,(H,21,25);1H. The minimum atomic E-state index is -0.572. The van der Waals surface area contributed by atoms with Crippen LogP contribution in [0, 0.1) is 11.8 Å². The molecular weight excluding hydrogens is 366 g/mol. The molecule has 152 valence electrons. The molecule has 0 aliphatic carbocycles. The van der Waals surface area contributed by atoms with Gasteiger partial charge in [0, 0.05) is 37.9 Å². The molecule has 2 amide bonds. The maximum Gasteiger partial charge on any atom is 0.250 e. The summed E-state index contributed by atoms with van der Waals surface area (Å²) >= 11 is 0. The van der Waals surface area contributed by atoms with Gasteiger partial charge in [-0.05, 0) is 50.8 Å². The third-order valence-corrected chi connectivity index (χ3v) is 5.67. The maximum absolute atomic E-state index is 13.5. The van der Waals surface area contributed by atoms with Crippen molar-refractivity contribution >= 4 is 24.2 Å². The van der Waals surface area contributed by atoms with Crippen LogP contribution < -0.4 is 10.6 Å². The monoisotopic (exact) mass is 397 g/mol. The highest BCUT2D eigenvalue weighted by Crippen LogP contribution is 2.31. The average Bonchev–Trinajstić information content (AvgIpc) is 3.21. The van der Waals surface area contributed by atoms with E-state index in [0.29, 0.717) is 19.0 Å². The van der Waals surface area contributed by atoms with Gasteiger partial charge in [-0.1, -0.05) is 13.8 Å². The molecule has 0 radical (unpaired) electrons. The van der Waals surface area contributed by atoms with E-state index in [4.69, 9.17) is 0 Å². The first kappa shape index (κ1) is 21.7. The van der Waals surface area contributed by atoms with Gasteiger partial charge in [0.15, 0.2) is 0 Å². The first-order valence-corrected chi connectivity index (χ1v) is 9.81. The van der Waals surface area contributed by atoms with Gasteiger partial charge < -0.3 is 15.5 Å². The first-order valence-electron chi connectivity index (χ1n) is 9.81. The van der Waals surface area contributed by atoms with Crippen LogP contribution in [-0.4, -0.2) is 59.2 Å². The highest BCUT2D eigenvalue weighted by atomic mass is 35.5. The van der Waals surface area contributed by atoms with Gasteiger partial charge >= 0.3 is 0 Å². The molecule has 8 heteroatoms. The highest BCUT2D eigenvalue weighted by molar-refractivity contribution is 5.85. The number of piperidine rings is 2. The number of carbonyl (C=O) groups is 2. The summed E-state index contributed by atoms with van der Waals surface area (Å²) in [6, 6.07) is 1.89. The third kappa shape index (κ3) is 4.82. The zero-order chi connectivity index (χ0) is 18.6. The fraction of sp³-hybridized carbons (Fsp3) is 0.737. The summed E-state index contributed by atoms with van der Waals surface area (Å²) in [5, 5.41) is 10.8. The molecule has 3 rings (SSSR count). The van der Waals surface area contributed by atoms with Gasteiger partial charge in [-0.15, -0.1) is 12.4 Å². The number of hydrogen-bond acceptors (Lipinski definition) is 4. The number of nitrogens with zero attached hydrogens (tertiary/aromatic N) is 3. The Balaban J connectivity index is 0.00000261. The number of carbonyl (C=O) groups excluding carboxylic acids is 2. The number of likely N-dealkylation sites (tertiary alicyclic amines) is 1. The molecule has 0 aromatic carbocycles. The summed E-state index contributed by atoms with van der Waals surface area (Å²) in [7, 11) is 0.